The van der Waals surface area contributed by atoms with E-state index in [-0.39, 0.29) is 5.82 Å². The quantitative estimate of drug-likeness (QED) is 0.487. The van der Waals surface area contributed by atoms with Crippen LogP contribution in [-0.4, -0.2) is 0 Å². The van der Waals surface area contributed by atoms with E-state index >= 15 is 0 Å². The average molecular weight is 246 g/mol. The fraction of sp³-hybridized carbons (Fsp3) is 0. The van der Waals surface area contributed by atoms with Crippen LogP contribution in [0.15, 0.2) is 18.2 Å². The monoisotopic (exact) mass is 246 g/mol. The summed E-state index contributed by atoms with van der Waals surface area (Å²) < 4.78 is 13.4. The van der Waals surface area contributed by atoms with Gasteiger partial charge in [0.25, 0.3) is 0 Å². The predicted octanol–water partition coefficient (Wildman–Crippen LogP) is 2.41. The van der Waals surface area contributed by atoms with Crippen LogP contribution >= 0.6 is 22.6 Å². The fourth-order valence-electron chi connectivity index (χ4n) is 0.615. The Bertz CT molecular complexity index is 286. The topological polar surface area (TPSA) is 0 Å². The van der Waals surface area contributed by atoms with Crippen LogP contribution in [0.5, 0.6) is 0 Å². The minimum Gasteiger partial charge on any atom is -0.204 e. The Morgan fingerprint density at radius 1 is 1.50 bits per heavy atom. The molecule has 0 bridgehead atoms. The van der Waals surface area contributed by atoms with Crippen molar-refractivity contribution >= 4 is 22.6 Å². The van der Waals surface area contributed by atoms with Gasteiger partial charge in [-0.1, -0.05) is 12.0 Å². The Labute approximate surface area is 72.6 Å². The lowest BCUT2D eigenvalue weighted by Crippen LogP contribution is -1.85. The summed E-state index contributed by atoms with van der Waals surface area (Å²) in [6.07, 6.45) is 5.03. The van der Waals surface area contributed by atoms with Gasteiger partial charge < -0.3 is 0 Å². The summed E-state index contributed by atoms with van der Waals surface area (Å²) in [4.78, 5) is 0. The molecular formula is C8H4FI. The molecule has 0 amide bonds. The van der Waals surface area contributed by atoms with Crippen molar-refractivity contribution in [1.82, 2.24) is 0 Å². The molecule has 0 saturated carbocycles. The molecule has 1 aromatic rings. The highest BCUT2D eigenvalue weighted by Crippen LogP contribution is 2.13. The van der Waals surface area contributed by atoms with Crippen molar-refractivity contribution in [3.8, 4) is 12.3 Å². The van der Waals surface area contributed by atoms with E-state index in [9.17, 15) is 4.39 Å². The number of halogens is 2. The van der Waals surface area contributed by atoms with Crippen molar-refractivity contribution in [3.63, 3.8) is 0 Å². The molecule has 50 valence electrons. The molecule has 0 unspecified atom stereocenters. The van der Waals surface area contributed by atoms with Gasteiger partial charge >= 0.3 is 0 Å². The SMILES string of the molecule is C#Cc1cccc(I)c1F. The highest BCUT2D eigenvalue weighted by atomic mass is 127. The molecular weight excluding hydrogens is 242 g/mol. The number of hydrogen-bond acceptors (Lipinski definition) is 0. The number of hydrogen-bond donors (Lipinski definition) is 0. The van der Waals surface area contributed by atoms with E-state index in [0.717, 1.165) is 0 Å². The van der Waals surface area contributed by atoms with Gasteiger partial charge in [0.2, 0.25) is 0 Å². The van der Waals surface area contributed by atoms with Crippen molar-refractivity contribution < 1.29 is 4.39 Å². The maximum atomic E-state index is 12.9. The van der Waals surface area contributed by atoms with Crippen LogP contribution < -0.4 is 0 Å². The first-order chi connectivity index (χ1) is 4.75. The third-order valence-corrected chi connectivity index (χ3v) is 1.94. The van der Waals surface area contributed by atoms with E-state index in [4.69, 9.17) is 6.42 Å². The van der Waals surface area contributed by atoms with Gasteiger partial charge in [-0.25, -0.2) is 4.39 Å². The van der Waals surface area contributed by atoms with Gasteiger partial charge in [-0.2, -0.15) is 0 Å². The molecule has 0 heterocycles. The van der Waals surface area contributed by atoms with Crippen molar-refractivity contribution in [2.75, 3.05) is 0 Å². The minimum atomic E-state index is -0.300. The van der Waals surface area contributed by atoms with E-state index < -0.39 is 0 Å². The third kappa shape index (κ3) is 1.29. The maximum Gasteiger partial charge on any atom is 0.152 e. The van der Waals surface area contributed by atoms with Gasteiger partial charge in [-0.05, 0) is 34.7 Å². The second-order valence-electron chi connectivity index (χ2n) is 1.75. The summed E-state index contributed by atoms with van der Waals surface area (Å²) in [5.74, 6) is 1.96. The zero-order chi connectivity index (χ0) is 7.56. The number of rotatable bonds is 0. The summed E-state index contributed by atoms with van der Waals surface area (Å²) in [6.45, 7) is 0. The third-order valence-electron chi connectivity index (χ3n) is 1.11. The first kappa shape index (κ1) is 7.55. The number of benzene rings is 1. The van der Waals surface area contributed by atoms with Crippen molar-refractivity contribution in [2.24, 2.45) is 0 Å². The van der Waals surface area contributed by atoms with Crippen molar-refractivity contribution in [2.45, 2.75) is 0 Å². The molecule has 0 atom stereocenters. The van der Waals surface area contributed by atoms with Gasteiger partial charge in [0.1, 0.15) is 0 Å². The molecule has 0 aliphatic carbocycles. The Hall–Kier alpha value is -0.560. The van der Waals surface area contributed by atoms with Gasteiger partial charge in [-0.3, -0.25) is 0 Å². The zero-order valence-corrected chi connectivity index (χ0v) is 7.22. The smallest absolute Gasteiger partial charge is 0.152 e. The van der Waals surface area contributed by atoms with E-state index in [0.29, 0.717) is 9.13 Å². The van der Waals surface area contributed by atoms with Crippen molar-refractivity contribution in [1.29, 1.82) is 0 Å². The standard InChI is InChI=1S/C8H4FI/c1-2-6-4-3-5-7(10)8(6)9/h1,3-5H. The maximum absolute atomic E-state index is 12.9. The molecule has 0 aliphatic heterocycles. The molecule has 10 heavy (non-hydrogen) atoms. The molecule has 0 nitrogen and oxygen atoms in total. The Balaban J connectivity index is 3.31. The molecule has 1 rings (SSSR count). The van der Waals surface area contributed by atoms with Gasteiger partial charge in [-0.15, -0.1) is 6.42 Å². The molecule has 0 aliphatic rings. The van der Waals surface area contributed by atoms with Crippen LogP contribution in [0.2, 0.25) is 0 Å². The van der Waals surface area contributed by atoms with Gasteiger partial charge in [0, 0.05) is 0 Å². The molecule has 1 aromatic carbocycles. The molecule has 0 saturated heterocycles. The first-order valence-corrected chi connectivity index (χ1v) is 3.74. The lowest BCUT2D eigenvalue weighted by Gasteiger charge is -1.94. The summed E-state index contributed by atoms with van der Waals surface area (Å²) in [7, 11) is 0. The van der Waals surface area contributed by atoms with Crippen LogP contribution in [0.3, 0.4) is 0 Å². The van der Waals surface area contributed by atoms with Crippen LogP contribution in [0.25, 0.3) is 0 Å². The van der Waals surface area contributed by atoms with Gasteiger partial charge in [0.05, 0.1) is 9.13 Å². The summed E-state index contributed by atoms with van der Waals surface area (Å²) >= 11 is 1.90. The molecule has 2 heteroatoms. The lowest BCUT2D eigenvalue weighted by molar-refractivity contribution is 0.617. The second-order valence-corrected chi connectivity index (χ2v) is 2.91. The zero-order valence-electron chi connectivity index (χ0n) is 5.07. The molecule has 0 N–H and O–H groups in total. The Morgan fingerprint density at radius 3 is 2.70 bits per heavy atom. The largest absolute Gasteiger partial charge is 0.204 e. The van der Waals surface area contributed by atoms with E-state index in [2.05, 4.69) is 5.92 Å². The van der Waals surface area contributed by atoms with E-state index in [1.807, 2.05) is 22.6 Å². The van der Waals surface area contributed by atoms with Crippen LogP contribution in [0, 0.1) is 21.7 Å². The Morgan fingerprint density at radius 2 is 2.20 bits per heavy atom. The molecule has 0 fully saturated rings. The highest BCUT2D eigenvalue weighted by Gasteiger charge is 2.00. The van der Waals surface area contributed by atoms with Crippen LogP contribution in [0.4, 0.5) is 4.39 Å². The normalized spacial score (nSPS) is 8.90. The lowest BCUT2D eigenvalue weighted by atomic mass is 10.2. The van der Waals surface area contributed by atoms with E-state index in [1.165, 1.54) is 0 Å². The van der Waals surface area contributed by atoms with Crippen LogP contribution in [-0.2, 0) is 0 Å². The average Bonchev–Trinajstić information content (AvgIpc) is 1.95. The molecule has 0 radical (unpaired) electrons. The van der Waals surface area contributed by atoms with Crippen molar-refractivity contribution in [3.05, 3.63) is 33.1 Å². The minimum absolute atomic E-state index is 0.300. The Kier molecular flexibility index (Phi) is 2.28. The molecule has 0 aromatic heterocycles. The van der Waals surface area contributed by atoms with Gasteiger partial charge in [0.15, 0.2) is 5.82 Å². The first-order valence-electron chi connectivity index (χ1n) is 2.66. The van der Waals surface area contributed by atoms with E-state index in [1.54, 1.807) is 18.2 Å². The fourth-order valence-corrected chi connectivity index (χ4v) is 1.11. The second kappa shape index (κ2) is 3.02. The summed E-state index contributed by atoms with van der Waals surface area (Å²) in [6, 6.07) is 4.99. The summed E-state index contributed by atoms with van der Waals surface area (Å²) in [5.41, 5.74) is 0.326. The van der Waals surface area contributed by atoms with Crippen LogP contribution in [0.1, 0.15) is 5.56 Å². The predicted molar refractivity (Wildman–Crippen MR) is 47.1 cm³/mol. The molecule has 0 spiro atoms. The number of terminal acetylenes is 1. The summed E-state index contributed by atoms with van der Waals surface area (Å²) in [5, 5.41) is 0. The highest BCUT2D eigenvalue weighted by molar-refractivity contribution is 14.1.